The van der Waals surface area contributed by atoms with Crippen LogP contribution >= 0.6 is 22.9 Å². The number of hydrogen-bond acceptors (Lipinski definition) is 1. The third kappa shape index (κ3) is 2.08. The molecular weight excluding hydrogens is 200 g/mol. The highest BCUT2D eigenvalue weighted by Gasteiger charge is 2.31. The molecule has 0 spiro atoms. The van der Waals surface area contributed by atoms with Crippen LogP contribution in [-0.2, 0) is 6.42 Å². The SMILES string of the molecule is CC1C(Cl)CCC1Cc1cccs1. The van der Waals surface area contributed by atoms with Gasteiger partial charge in [-0.1, -0.05) is 13.0 Å². The maximum Gasteiger partial charge on any atom is 0.0364 e. The van der Waals surface area contributed by atoms with Gasteiger partial charge in [0.1, 0.15) is 0 Å². The Morgan fingerprint density at radius 2 is 2.38 bits per heavy atom. The quantitative estimate of drug-likeness (QED) is 0.655. The van der Waals surface area contributed by atoms with Crippen molar-refractivity contribution in [3.8, 4) is 0 Å². The molecule has 1 aromatic heterocycles. The number of alkyl halides is 1. The van der Waals surface area contributed by atoms with Crippen LogP contribution in [0.1, 0.15) is 24.6 Å². The molecule has 72 valence electrons. The molecule has 0 nitrogen and oxygen atoms in total. The standard InChI is InChI=1S/C11H15ClS/c1-8-9(4-5-11(8)12)7-10-3-2-6-13-10/h2-3,6,8-9,11H,4-5,7H2,1H3. The first-order valence-electron chi connectivity index (χ1n) is 4.94. The van der Waals surface area contributed by atoms with Gasteiger partial charge in [0, 0.05) is 10.3 Å². The second-order valence-electron chi connectivity index (χ2n) is 4.00. The highest BCUT2D eigenvalue weighted by atomic mass is 35.5. The highest BCUT2D eigenvalue weighted by molar-refractivity contribution is 7.09. The Kier molecular flexibility index (Phi) is 2.95. The zero-order chi connectivity index (χ0) is 9.26. The molecule has 2 heteroatoms. The molecule has 1 saturated carbocycles. The van der Waals surface area contributed by atoms with E-state index >= 15 is 0 Å². The van der Waals surface area contributed by atoms with Gasteiger partial charge in [0.15, 0.2) is 0 Å². The van der Waals surface area contributed by atoms with Gasteiger partial charge in [-0.3, -0.25) is 0 Å². The van der Waals surface area contributed by atoms with E-state index in [1.54, 1.807) is 0 Å². The van der Waals surface area contributed by atoms with Gasteiger partial charge < -0.3 is 0 Å². The summed E-state index contributed by atoms with van der Waals surface area (Å²) in [6.45, 7) is 2.29. The Morgan fingerprint density at radius 1 is 1.54 bits per heavy atom. The molecule has 1 aromatic rings. The second-order valence-corrected chi connectivity index (χ2v) is 5.59. The van der Waals surface area contributed by atoms with Crippen molar-refractivity contribution in [2.75, 3.05) is 0 Å². The second kappa shape index (κ2) is 4.02. The van der Waals surface area contributed by atoms with Crippen LogP contribution in [0.2, 0.25) is 0 Å². The van der Waals surface area contributed by atoms with E-state index in [-0.39, 0.29) is 0 Å². The topological polar surface area (TPSA) is 0 Å². The number of thiophene rings is 1. The van der Waals surface area contributed by atoms with E-state index in [1.165, 1.54) is 24.1 Å². The fourth-order valence-electron chi connectivity index (χ4n) is 2.17. The van der Waals surface area contributed by atoms with Crippen molar-refractivity contribution in [3.63, 3.8) is 0 Å². The molecule has 2 rings (SSSR count). The molecule has 0 N–H and O–H groups in total. The van der Waals surface area contributed by atoms with Gasteiger partial charge in [-0.25, -0.2) is 0 Å². The van der Waals surface area contributed by atoms with Crippen LogP contribution in [0.15, 0.2) is 17.5 Å². The van der Waals surface area contributed by atoms with Crippen molar-refractivity contribution in [3.05, 3.63) is 22.4 Å². The average molecular weight is 215 g/mol. The zero-order valence-corrected chi connectivity index (χ0v) is 9.44. The van der Waals surface area contributed by atoms with Gasteiger partial charge in [-0.2, -0.15) is 0 Å². The minimum atomic E-state index is 0.421. The van der Waals surface area contributed by atoms with Crippen LogP contribution in [0.25, 0.3) is 0 Å². The third-order valence-corrected chi connectivity index (χ3v) is 4.69. The molecule has 0 bridgehead atoms. The molecule has 3 unspecified atom stereocenters. The van der Waals surface area contributed by atoms with E-state index < -0.39 is 0 Å². The Labute approximate surface area is 88.9 Å². The highest BCUT2D eigenvalue weighted by Crippen LogP contribution is 2.37. The molecule has 0 amide bonds. The van der Waals surface area contributed by atoms with Crippen LogP contribution in [0.3, 0.4) is 0 Å². The molecule has 1 aliphatic rings. The summed E-state index contributed by atoms with van der Waals surface area (Å²) in [7, 11) is 0. The molecule has 1 heterocycles. The molecule has 1 fully saturated rings. The molecule has 0 radical (unpaired) electrons. The molecule has 0 aliphatic heterocycles. The van der Waals surface area contributed by atoms with E-state index in [0.29, 0.717) is 11.3 Å². The lowest BCUT2D eigenvalue weighted by Crippen LogP contribution is -2.12. The van der Waals surface area contributed by atoms with Crippen molar-refractivity contribution in [2.45, 2.75) is 31.6 Å². The maximum absolute atomic E-state index is 6.20. The average Bonchev–Trinajstić information content (AvgIpc) is 2.71. The van der Waals surface area contributed by atoms with Crippen molar-refractivity contribution in [2.24, 2.45) is 11.8 Å². The molecule has 0 saturated heterocycles. The fourth-order valence-corrected chi connectivity index (χ4v) is 3.30. The van der Waals surface area contributed by atoms with Crippen molar-refractivity contribution >= 4 is 22.9 Å². The number of rotatable bonds is 2. The zero-order valence-electron chi connectivity index (χ0n) is 7.87. The van der Waals surface area contributed by atoms with Gasteiger partial charge in [0.05, 0.1) is 0 Å². The van der Waals surface area contributed by atoms with Crippen LogP contribution < -0.4 is 0 Å². The predicted molar refractivity (Wildman–Crippen MR) is 59.6 cm³/mol. The molecule has 1 aliphatic carbocycles. The van der Waals surface area contributed by atoms with Crippen LogP contribution in [0.5, 0.6) is 0 Å². The van der Waals surface area contributed by atoms with E-state index in [0.717, 1.165) is 5.92 Å². The minimum absolute atomic E-state index is 0.421. The van der Waals surface area contributed by atoms with E-state index in [2.05, 4.69) is 24.4 Å². The van der Waals surface area contributed by atoms with Gasteiger partial charge in [-0.05, 0) is 42.5 Å². The van der Waals surface area contributed by atoms with Gasteiger partial charge in [0.25, 0.3) is 0 Å². The molecule has 13 heavy (non-hydrogen) atoms. The minimum Gasteiger partial charge on any atom is -0.149 e. The van der Waals surface area contributed by atoms with Crippen molar-refractivity contribution in [1.82, 2.24) is 0 Å². The maximum atomic E-state index is 6.20. The summed E-state index contributed by atoms with van der Waals surface area (Å²) < 4.78 is 0. The molecule has 3 atom stereocenters. The Bertz CT molecular complexity index is 255. The lowest BCUT2D eigenvalue weighted by Gasteiger charge is -2.15. The summed E-state index contributed by atoms with van der Waals surface area (Å²) in [5, 5.41) is 2.58. The lowest BCUT2D eigenvalue weighted by molar-refractivity contribution is 0.422. The van der Waals surface area contributed by atoms with Crippen LogP contribution in [-0.4, -0.2) is 5.38 Å². The fraction of sp³-hybridized carbons (Fsp3) is 0.636. The summed E-state index contributed by atoms with van der Waals surface area (Å²) in [4.78, 5) is 1.52. The van der Waals surface area contributed by atoms with E-state index in [9.17, 15) is 0 Å². The summed E-state index contributed by atoms with van der Waals surface area (Å²) in [5.74, 6) is 1.52. The number of halogens is 1. The van der Waals surface area contributed by atoms with E-state index in [4.69, 9.17) is 11.6 Å². The normalized spacial score (nSPS) is 33.8. The summed E-state index contributed by atoms with van der Waals surface area (Å²) in [6.07, 6.45) is 3.76. The Morgan fingerprint density at radius 3 is 2.92 bits per heavy atom. The summed E-state index contributed by atoms with van der Waals surface area (Å²) >= 11 is 8.07. The first kappa shape index (κ1) is 9.54. The first-order valence-corrected chi connectivity index (χ1v) is 6.25. The number of hydrogen-bond donors (Lipinski definition) is 0. The van der Waals surface area contributed by atoms with Crippen LogP contribution in [0, 0.1) is 11.8 Å². The lowest BCUT2D eigenvalue weighted by atomic mass is 9.94. The summed E-state index contributed by atoms with van der Waals surface area (Å²) in [6, 6.07) is 4.37. The first-order chi connectivity index (χ1) is 6.27. The van der Waals surface area contributed by atoms with Gasteiger partial charge >= 0.3 is 0 Å². The van der Waals surface area contributed by atoms with Crippen molar-refractivity contribution in [1.29, 1.82) is 0 Å². The largest absolute Gasteiger partial charge is 0.149 e. The smallest absolute Gasteiger partial charge is 0.0364 e. The monoisotopic (exact) mass is 214 g/mol. The summed E-state index contributed by atoms with van der Waals surface area (Å²) in [5.41, 5.74) is 0. The molecular formula is C11H15ClS. The Balaban J connectivity index is 1.96. The van der Waals surface area contributed by atoms with E-state index in [1.807, 2.05) is 11.3 Å². The third-order valence-electron chi connectivity index (χ3n) is 3.17. The Hall–Kier alpha value is -0.0100. The van der Waals surface area contributed by atoms with Crippen LogP contribution in [0.4, 0.5) is 0 Å². The van der Waals surface area contributed by atoms with Gasteiger partial charge in [0.2, 0.25) is 0 Å². The van der Waals surface area contributed by atoms with Gasteiger partial charge in [-0.15, -0.1) is 22.9 Å². The van der Waals surface area contributed by atoms with Crippen molar-refractivity contribution < 1.29 is 0 Å². The predicted octanol–water partition coefficient (Wildman–Crippen LogP) is 3.94. The molecule has 0 aromatic carbocycles.